The van der Waals surface area contributed by atoms with Gasteiger partial charge in [-0.1, -0.05) is 24.3 Å². The average molecular weight is 316 g/mol. The largest absolute Gasteiger partial charge is 0.347 e. The molecular weight excluding hydrogens is 292 g/mol. The zero-order valence-electron chi connectivity index (χ0n) is 13.5. The van der Waals surface area contributed by atoms with E-state index in [1.165, 1.54) is 11.1 Å². The molecule has 1 aromatic carbocycles. The van der Waals surface area contributed by atoms with Crippen molar-refractivity contribution in [3.8, 4) is 0 Å². The van der Waals surface area contributed by atoms with E-state index in [2.05, 4.69) is 29.2 Å². The van der Waals surface area contributed by atoms with Gasteiger partial charge in [-0.25, -0.2) is 0 Å². The van der Waals surface area contributed by atoms with E-state index in [1.807, 2.05) is 4.90 Å². The highest BCUT2D eigenvalue weighted by Gasteiger charge is 2.40. The monoisotopic (exact) mass is 316 g/mol. The SMILES string of the molecule is O=C(CN1CCc2ccccc2C1)N1CCC2(CC1)OCCO2. The first-order valence-corrected chi connectivity index (χ1v) is 8.59. The van der Waals surface area contributed by atoms with Gasteiger partial charge in [0.25, 0.3) is 0 Å². The van der Waals surface area contributed by atoms with Gasteiger partial charge in [0.05, 0.1) is 19.8 Å². The molecule has 0 N–H and O–H groups in total. The second-order valence-electron chi connectivity index (χ2n) is 6.72. The van der Waals surface area contributed by atoms with Crippen molar-refractivity contribution in [2.75, 3.05) is 39.4 Å². The van der Waals surface area contributed by atoms with Crippen LogP contribution in [-0.4, -0.2) is 60.9 Å². The lowest BCUT2D eigenvalue weighted by Crippen LogP contribution is -2.50. The molecule has 2 saturated heterocycles. The summed E-state index contributed by atoms with van der Waals surface area (Å²) < 4.78 is 11.5. The van der Waals surface area contributed by atoms with Crippen molar-refractivity contribution >= 4 is 5.91 Å². The Hall–Kier alpha value is -1.43. The summed E-state index contributed by atoms with van der Waals surface area (Å²) in [4.78, 5) is 16.8. The number of nitrogens with zero attached hydrogens (tertiary/aromatic N) is 2. The number of hydrogen-bond acceptors (Lipinski definition) is 4. The summed E-state index contributed by atoms with van der Waals surface area (Å²) in [7, 11) is 0. The van der Waals surface area contributed by atoms with Gasteiger partial charge >= 0.3 is 0 Å². The fraction of sp³-hybridized carbons (Fsp3) is 0.611. The highest BCUT2D eigenvalue weighted by atomic mass is 16.7. The molecule has 124 valence electrons. The number of hydrogen-bond donors (Lipinski definition) is 0. The maximum atomic E-state index is 12.6. The van der Waals surface area contributed by atoms with Gasteiger partial charge in [0.1, 0.15) is 0 Å². The zero-order valence-corrected chi connectivity index (χ0v) is 13.5. The number of ether oxygens (including phenoxy) is 2. The van der Waals surface area contributed by atoms with Gasteiger partial charge in [0.2, 0.25) is 5.91 Å². The Bertz CT molecular complexity index is 573. The number of benzene rings is 1. The van der Waals surface area contributed by atoms with E-state index in [4.69, 9.17) is 9.47 Å². The Labute approximate surface area is 137 Å². The summed E-state index contributed by atoms with van der Waals surface area (Å²) in [6.45, 7) is 5.20. The molecular formula is C18H24N2O3. The number of carbonyl (C=O) groups is 1. The van der Waals surface area contributed by atoms with Crippen molar-refractivity contribution < 1.29 is 14.3 Å². The molecule has 0 aliphatic carbocycles. The molecule has 0 aromatic heterocycles. The molecule has 1 aromatic rings. The highest BCUT2D eigenvalue weighted by molar-refractivity contribution is 5.78. The van der Waals surface area contributed by atoms with Crippen LogP contribution in [0.5, 0.6) is 0 Å². The number of fused-ring (bicyclic) bond motifs is 1. The van der Waals surface area contributed by atoms with Gasteiger partial charge in [-0.15, -0.1) is 0 Å². The van der Waals surface area contributed by atoms with Crippen LogP contribution in [0.25, 0.3) is 0 Å². The Kier molecular flexibility index (Phi) is 4.09. The molecule has 3 heterocycles. The quantitative estimate of drug-likeness (QED) is 0.827. The maximum absolute atomic E-state index is 12.6. The predicted molar refractivity (Wildman–Crippen MR) is 85.9 cm³/mol. The topological polar surface area (TPSA) is 42.0 Å². The molecule has 0 atom stereocenters. The van der Waals surface area contributed by atoms with E-state index >= 15 is 0 Å². The summed E-state index contributed by atoms with van der Waals surface area (Å²) in [5.41, 5.74) is 2.78. The van der Waals surface area contributed by atoms with E-state index in [-0.39, 0.29) is 5.91 Å². The van der Waals surface area contributed by atoms with Crippen molar-refractivity contribution in [2.24, 2.45) is 0 Å². The van der Waals surface area contributed by atoms with Crippen LogP contribution in [0.2, 0.25) is 0 Å². The Balaban J connectivity index is 1.31. The van der Waals surface area contributed by atoms with Gasteiger partial charge in [-0.3, -0.25) is 9.69 Å². The zero-order chi connectivity index (χ0) is 15.7. The minimum Gasteiger partial charge on any atom is -0.347 e. The molecule has 1 amide bonds. The van der Waals surface area contributed by atoms with Gasteiger partial charge in [-0.2, -0.15) is 0 Å². The Morgan fingerprint density at radius 1 is 1.04 bits per heavy atom. The molecule has 0 unspecified atom stereocenters. The molecule has 4 rings (SSSR count). The first-order valence-electron chi connectivity index (χ1n) is 8.59. The number of rotatable bonds is 2. The molecule has 0 bridgehead atoms. The van der Waals surface area contributed by atoms with Crippen LogP contribution >= 0.6 is 0 Å². The predicted octanol–water partition coefficient (Wildman–Crippen LogP) is 1.41. The lowest BCUT2D eigenvalue weighted by Gasteiger charge is -2.38. The van der Waals surface area contributed by atoms with Gasteiger partial charge in [0, 0.05) is 39.0 Å². The van der Waals surface area contributed by atoms with Gasteiger partial charge < -0.3 is 14.4 Å². The fourth-order valence-electron chi connectivity index (χ4n) is 3.86. The normalized spacial score (nSPS) is 23.9. The molecule has 23 heavy (non-hydrogen) atoms. The first-order chi connectivity index (χ1) is 11.2. The van der Waals surface area contributed by atoms with Crippen LogP contribution in [0.15, 0.2) is 24.3 Å². The van der Waals surface area contributed by atoms with Crippen molar-refractivity contribution in [3.63, 3.8) is 0 Å². The summed E-state index contributed by atoms with van der Waals surface area (Å²) in [5.74, 6) is -0.168. The third kappa shape index (κ3) is 3.13. The molecule has 5 heteroatoms. The number of piperidine rings is 1. The van der Waals surface area contributed by atoms with Crippen molar-refractivity contribution in [1.29, 1.82) is 0 Å². The molecule has 0 saturated carbocycles. The van der Waals surface area contributed by atoms with Crippen LogP contribution in [0.1, 0.15) is 24.0 Å². The van der Waals surface area contributed by atoms with Crippen LogP contribution in [0, 0.1) is 0 Å². The fourth-order valence-corrected chi connectivity index (χ4v) is 3.86. The Morgan fingerprint density at radius 2 is 1.74 bits per heavy atom. The molecule has 2 fully saturated rings. The van der Waals surface area contributed by atoms with Gasteiger partial charge in [0.15, 0.2) is 5.79 Å². The molecule has 3 aliphatic heterocycles. The van der Waals surface area contributed by atoms with Crippen LogP contribution in [-0.2, 0) is 27.2 Å². The molecule has 5 nitrogen and oxygen atoms in total. The summed E-state index contributed by atoms with van der Waals surface area (Å²) in [6.07, 6.45) is 2.62. The second kappa shape index (κ2) is 6.23. The van der Waals surface area contributed by atoms with E-state index in [9.17, 15) is 4.79 Å². The van der Waals surface area contributed by atoms with Crippen LogP contribution in [0.3, 0.4) is 0 Å². The smallest absolute Gasteiger partial charge is 0.236 e. The summed E-state index contributed by atoms with van der Waals surface area (Å²) in [5, 5.41) is 0. The van der Waals surface area contributed by atoms with Crippen LogP contribution < -0.4 is 0 Å². The van der Waals surface area contributed by atoms with E-state index in [1.54, 1.807) is 0 Å². The van der Waals surface area contributed by atoms with Gasteiger partial charge in [-0.05, 0) is 17.5 Å². The third-order valence-electron chi connectivity index (χ3n) is 5.26. The number of amides is 1. The standard InChI is InChI=1S/C18H24N2O3/c21-17(20-9-6-18(7-10-20)22-11-12-23-18)14-19-8-5-15-3-1-2-4-16(15)13-19/h1-4H,5-14H2. The van der Waals surface area contributed by atoms with Crippen LogP contribution in [0.4, 0.5) is 0 Å². The van der Waals surface area contributed by atoms with Crippen molar-refractivity contribution in [3.05, 3.63) is 35.4 Å². The lowest BCUT2D eigenvalue weighted by atomic mass is 10.00. The summed E-state index contributed by atoms with van der Waals surface area (Å²) >= 11 is 0. The average Bonchev–Trinajstić information content (AvgIpc) is 3.03. The maximum Gasteiger partial charge on any atom is 0.236 e. The van der Waals surface area contributed by atoms with Crippen molar-refractivity contribution in [2.45, 2.75) is 31.6 Å². The summed E-state index contributed by atoms with van der Waals surface area (Å²) in [6, 6.07) is 8.54. The first kappa shape index (κ1) is 15.1. The minimum absolute atomic E-state index is 0.234. The molecule has 3 aliphatic rings. The minimum atomic E-state index is -0.402. The molecule has 1 spiro atoms. The number of likely N-dealkylation sites (tertiary alicyclic amines) is 1. The third-order valence-corrected chi connectivity index (χ3v) is 5.26. The molecule has 0 radical (unpaired) electrons. The Morgan fingerprint density at radius 3 is 2.48 bits per heavy atom. The van der Waals surface area contributed by atoms with E-state index in [0.29, 0.717) is 19.8 Å². The van der Waals surface area contributed by atoms with E-state index < -0.39 is 5.79 Å². The lowest BCUT2D eigenvalue weighted by molar-refractivity contribution is -0.187. The van der Waals surface area contributed by atoms with E-state index in [0.717, 1.165) is 45.4 Å². The number of carbonyl (C=O) groups excluding carboxylic acids is 1. The highest BCUT2D eigenvalue weighted by Crippen LogP contribution is 2.31. The van der Waals surface area contributed by atoms with Crippen molar-refractivity contribution in [1.82, 2.24) is 9.80 Å². The second-order valence-corrected chi connectivity index (χ2v) is 6.72.